The van der Waals surface area contributed by atoms with E-state index in [2.05, 4.69) is 20.8 Å². The van der Waals surface area contributed by atoms with E-state index in [0.29, 0.717) is 11.8 Å². The first-order valence-corrected chi connectivity index (χ1v) is 6.29. The van der Waals surface area contributed by atoms with Gasteiger partial charge >= 0.3 is 0 Å². The van der Waals surface area contributed by atoms with Crippen molar-refractivity contribution in [3.63, 3.8) is 0 Å². The van der Waals surface area contributed by atoms with E-state index in [9.17, 15) is 9.50 Å². The maximum Gasteiger partial charge on any atom is 0.123 e. The number of rotatable bonds is 5. The summed E-state index contributed by atoms with van der Waals surface area (Å²) in [6, 6.07) is 6.46. The monoisotopic (exact) mass is 238 g/mol. The van der Waals surface area contributed by atoms with Crippen LogP contribution in [0.2, 0.25) is 0 Å². The molecule has 0 aliphatic carbocycles. The van der Waals surface area contributed by atoms with Crippen molar-refractivity contribution in [1.82, 2.24) is 0 Å². The third-order valence-corrected chi connectivity index (χ3v) is 2.82. The Hall–Kier alpha value is -0.890. The Bertz CT molecular complexity index is 341. The summed E-state index contributed by atoms with van der Waals surface area (Å²) in [5.41, 5.74) is 1.19. The quantitative estimate of drug-likeness (QED) is 0.823. The average molecular weight is 238 g/mol. The second-order valence-electron chi connectivity index (χ2n) is 5.94. The zero-order chi connectivity index (χ0) is 12.9. The molecule has 0 aliphatic heterocycles. The second-order valence-corrected chi connectivity index (χ2v) is 5.94. The fourth-order valence-electron chi connectivity index (χ4n) is 1.91. The summed E-state index contributed by atoms with van der Waals surface area (Å²) in [4.78, 5) is 0. The molecule has 1 rings (SSSR count). The molecule has 0 fully saturated rings. The van der Waals surface area contributed by atoms with E-state index in [-0.39, 0.29) is 11.9 Å². The number of halogens is 1. The maximum absolute atomic E-state index is 12.9. The van der Waals surface area contributed by atoms with E-state index < -0.39 is 0 Å². The molecular formula is C15H23FO. The summed E-state index contributed by atoms with van der Waals surface area (Å²) in [5, 5.41) is 9.87. The van der Waals surface area contributed by atoms with Crippen LogP contribution < -0.4 is 0 Å². The minimum absolute atomic E-state index is 0.232. The molecule has 0 spiro atoms. The topological polar surface area (TPSA) is 20.2 Å². The molecule has 0 bridgehead atoms. The lowest BCUT2D eigenvalue weighted by atomic mass is 9.89. The van der Waals surface area contributed by atoms with Gasteiger partial charge in [-0.05, 0) is 42.4 Å². The van der Waals surface area contributed by atoms with Gasteiger partial charge in [0, 0.05) is 0 Å². The second kappa shape index (κ2) is 6.15. The molecule has 96 valence electrons. The minimum Gasteiger partial charge on any atom is -0.393 e. The number of hydrogen-bond acceptors (Lipinski definition) is 1. The van der Waals surface area contributed by atoms with Crippen LogP contribution in [0.1, 0.15) is 45.6 Å². The molecule has 1 N–H and O–H groups in total. The Kier molecular flexibility index (Phi) is 5.13. The lowest BCUT2D eigenvalue weighted by Crippen LogP contribution is -2.12. The largest absolute Gasteiger partial charge is 0.393 e. The van der Waals surface area contributed by atoms with Crippen LogP contribution in [-0.2, 0) is 6.42 Å². The van der Waals surface area contributed by atoms with Gasteiger partial charge in [0.25, 0.3) is 0 Å². The summed E-state index contributed by atoms with van der Waals surface area (Å²) < 4.78 is 12.9. The highest BCUT2D eigenvalue weighted by molar-refractivity contribution is 5.16. The number of hydrogen-bond donors (Lipinski definition) is 1. The van der Waals surface area contributed by atoms with Gasteiger partial charge in [-0.1, -0.05) is 39.3 Å². The highest BCUT2D eigenvalue weighted by Gasteiger charge is 2.12. The first-order chi connectivity index (χ1) is 7.87. The van der Waals surface area contributed by atoms with Crippen LogP contribution >= 0.6 is 0 Å². The molecule has 0 saturated heterocycles. The molecule has 0 amide bonds. The van der Waals surface area contributed by atoms with Crippen molar-refractivity contribution in [3.05, 3.63) is 35.6 Å². The van der Waals surface area contributed by atoms with Gasteiger partial charge in [-0.3, -0.25) is 0 Å². The lowest BCUT2D eigenvalue weighted by molar-refractivity contribution is 0.156. The molecule has 1 atom stereocenters. The molecule has 0 radical (unpaired) electrons. The van der Waals surface area contributed by atoms with Crippen LogP contribution in [0.15, 0.2) is 24.3 Å². The fourth-order valence-corrected chi connectivity index (χ4v) is 1.91. The zero-order valence-electron chi connectivity index (χ0n) is 11.0. The summed E-state index contributed by atoms with van der Waals surface area (Å²) in [6.07, 6.45) is 3.09. The van der Waals surface area contributed by atoms with Gasteiger partial charge in [0.2, 0.25) is 0 Å². The third kappa shape index (κ3) is 6.42. The maximum atomic E-state index is 12.9. The zero-order valence-corrected chi connectivity index (χ0v) is 11.0. The van der Waals surface area contributed by atoms with E-state index in [1.807, 2.05) is 6.07 Å². The van der Waals surface area contributed by atoms with Gasteiger partial charge < -0.3 is 5.11 Å². The summed E-state index contributed by atoms with van der Waals surface area (Å²) in [6.45, 7) is 6.60. The van der Waals surface area contributed by atoms with Crippen LogP contribution in [0, 0.1) is 11.2 Å². The summed E-state index contributed by atoms with van der Waals surface area (Å²) in [7, 11) is 0. The Morgan fingerprint density at radius 2 is 2.00 bits per heavy atom. The predicted molar refractivity (Wildman–Crippen MR) is 69.4 cm³/mol. The lowest BCUT2D eigenvalue weighted by Gasteiger charge is -2.19. The number of aliphatic hydroxyl groups excluding tert-OH is 1. The molecule has 0 aromatic heterocycles. The normalized spacial score (nSPS) is 13.7. The predicted octanol–water partition coefficient (Wildman–Crippen LogP) is 3.95. The Morgan fingerprint density at radius 1 is 1.29 bits per heavy atom. The van der Waals surface area contributed by atoms with Gasteiger partial charge in [0.1, 0.15) is 5.82 Å². The minimum atomic E-state index is -0.362. The van der Waals surface area contributed by atoms with Crippen molar-refractivity contribution in [2.45, 2.75) is 52.6 Å². The van der Waals surface area contributed by atoms with Gasteiger partial charge in [-0.15, -0.1) is 0 Å². The molecule has 0 heterocycles. The van der Waals surface area contributed by atoms with Crippen molar-refractivity contribution in [3.8, 4) is 0 Å². The fraction of sp³-hybridized carbons (Fsp3) is 0.600. The molecule has 0 aliphatic rings. The molecule has 1 nitrogen and oxygen atoms in total. The Balaban J connectivity index is 2.32. The van der Waals surface area contributed by atoms with E-state index >= 15 is 0 Å². The van der Waals surface area contributed by atoms with Gasteiger partial charge in [-0.25, -0.2) is 4.39 Å². The van der Waals surface area contributed by atoms with Crippen LogP contribution in [0.5, 0.6) is 0 Å². The van der Waals surface area contributed by atoms with Gasteiger partial charge in [0.15, 0.2) is 0 Å². The van der Waals surface area contributed by atoms with E-state index in [4.69, 9.17) is 0 Å². The molecule has 17 heavy (non-hydrogen) atoms. The average Bonchev–Trinajstić information content (AvgIpc) is 2.15. The highest BCUT2D eigenvalue weighted by atomic mass is 19.1. The van der Waals surface area contributed by atoms with Crippen LogP contribution in [0.25, 0.3) is 0 Å². The van der Waals surface area contributed by atoms with Crippen LogP contribution in [0.3, 0.4) is 0 Å². The molecule has 1 aromatic carbocycles. The van der Waals surface area contributed by atoms with Crippen LogP contribution in [0.4, 0.5) is 4.39 Å². The smallest absolute Gasteiger partial charge is 0.123 e. The molecule has 2 heteroatoms. The highest BCUT2D eigenvalue weighted by Crippen LogP contribution is 2.22. The van der Waals surface area contributed by atoms with Crippen molar-refractivity contribution in [2.75, 3.05) is 0 Å². The first-order valence-electron chi connectivity index (χ1n) is 6.29. The van der Waals surface area contributed by atoms with Gasteiger partial charge in [0.05, 0.1) is 6.10 Å². The molecule has 1 unspecified atom stereocenters. The SMILES string of the molecule is CC(C)(C)CCCC(O)Cc1cccc(F)c1. The standard InChI is InChI=1S/C15H23FO/c1-15(2,3)9-5-8-14(17)11-12-6-4-7-13(16)10-12/h4,6-7,10,14,17H,5,8-9,11H2,1-3H3. The van der Waals surface area contributed by atoms with Crippen molar-refractivity contribution >= 4 is 0 Å². The summed E-state index contributed by atoms with van der Waals surface area (Å²) in [5.74, 6) is -0.232. The first kappa shape index (κ1) is 14.2. The van der Waals surface area contributed by atoms with Crippen molar-refractivity contribution in [2.24, 2.45) is 5.41 Å². The van der Waals surface area contributed by atoms with E-state index in [1.165, 1.54) is 12.1 Å². The number of benzene rings is 1. The van der Waals surface area contributed by atoms with E-state index in [0.717, 1.165) is 24.8 Å². The van der Waals surface area contributed by atoms with Crippen LogP contribution in [-0.4, -0.2) is 11.2 Å². The van der Waals surface area contributed by atoms with Gasteiger partial charge in [-0.2, -0.15) is 0 Å². The Labute approximate surface area is 104 Å². The summed E-state index contributed by atoms with van der Waals surface area (Å²) >= 11 is 0. The van der Waals surface area contributed by atoms with Crippen molar-refractivity contribution in [1.29, 1.82) is 0 Å². The van der Waals surface area contributed by atoms with E-state index in [1.54, 1.807) is 6.07 Å². The third-order valence-electron chi connectivity index (χ3n) is 2.82. The number of aliphatic hydroxyl groups is 1. The van der Waals surface area contributed by atoms with Crippen molar-refractivity contribution < 1.29 is 9.50 Å². The Morgan fingerprint density at radius 3 is 2.59 bits per heavy atom. The molecular weight excluding hydrogens is 215 g/mol. The molecule has 1 aromatic rings. The molecule has 0 saturated carbocycles.